The number of nitrogens with zero attached hydrogens (tertiary/aromatic N) is 3. The van der Waals surface area contributed by atoms with Gasteiger partial charge in [-0.15, -0.1) is 11.3 Å². The second-order valence-corrected chi connectivity index (χ2v) is 15.3. The minimum atomic E-state index is 0.704. The molecule has 2 bridgehead atoms. The lowest BCUT2D eigenvalue weighted by Gasteiger charge is -2.19. The van der Waals surface area contributed by atoms with E-state index in [0.29, 0.717) is 6.42 Å². The predicted octanol–water partition coefficient (Wildman–Crippen LogP) is 13.2. The minimum Gasteiger partial charge on any atom is -0.309 e. The van der Waals surface area contributed by atoms with Crippen molar-refractivity contribution in [2.75, 3.05) is 0 Å². The van der Waals surface area contributed by atoms with Gasteiger partial charge in [0, 0.05) is 59.6 Å². The van der Waals surface area contributed by atoms with Gasteiger partial charge in [0.25, 0.3) is 0 Å². The lowest BCUT2D eigenvalue weighted by atomic mass is 9.92. The molecule has 0 atom stereocenters. The Morgan fingerprint density at radius 3 is 2.04 bits per heavy atom. The second kappa shape index (κ2) is 10.9. The van der Waals surface area contributed by atoms with E-state index in [-0.39, 0.29) is 0 Å². The van der Waals surface area contributed by atoms with E-state index in [2.05, 4.69) is 168 Å². The first-order valence-electron chi connectivity index (χ1n) is 18.1. The van der Waals surface area contributed by atoms with Crippen LogP contribution in [0.2, 0.25) is 0 Å². The maximum atomic E-state index is 5.58. The van der Waals surface area contributed by atoms with Crippen LogP contribution in [0, 0.1) is 0 Å². The van der Waals surface area contributed by atoms with Crippen LogP contribution in [-0.4, -0.2) is 14.5 Å². The molecule has 0 radical (unpaired) electrons. The van der Waals surface area contributed by atoms with Crippen LogP contribution >= 0.6 is 11.3 Å². The third kappa shape index (κ3) is 4.33. The Labute approximate surface area is 309 Å². The van der Waals surface area contributed by atoms with Gasteiger partial charge in [0.05, 0.1) is 28.1 Å². The lowest BCUT2D eigenvalue weighted by Crippen LogP contribution is -2.05. The van der Waals surface area contributed by atoms with E-state index >= 15 is 0 Å². The smallest absolute Gasteiger partial charge is 0.160 e. The topological polar surface area (TPSA) is 30.7 Å². The predicted molar refractivity (Wildman–Crippen MR) is 223 cm³/mol. The fraction of sp³-hybridized carbons (Fsp3) is 0.0204. The first kappa shape index (κ1) is 29.0. The van der Waals surface area contributed by atoms with Gasteiger partial charge in [0.1, 0.15) is 0 Å². The highest BCUT2D eigenvalue weighted by Crippen LogP contribution is 2.46. The van der Waals surface area contributed by atoms with Gasteiger partial charge >= 0.3 is 0 Å². The summed E-state index contributed by atoms with van der Waals surface area (Å²) in [5.74, 6) is 0.731. The van der Waals surface area contributed by atoms with Gasteiger partial charge in [-0.1, -0.05) is 121 Å². The molecule has 0 saturated carbocycles. The first-order chi connectivity index (χ1) is 26.2. The summed E-state index contributed by atoms with van der Waals surface area (Å²) in [7, 11) is 0. The molecule has 1 aliphatic rings. The molecule has 246 valence electrons. The van der Waals surface area contributed by atoms with Crippen LogP contribution in [0.15, 0.2) is 164 Å². The summed E-state index contributed by atoms with van der Waals surface area (Å²) in [4.78, 5) is 11.0. The molecule has 53 heavy (non-hydrogen) atoms. The van der Waals surface area contributed by atoms with Crippen molar-refractivity contribution in [1.29, 1.82) is 0 Å². The molecule has 0 fully saturated rings. The average Bonchev–Trinajstić information content (AvgIpc) is 3.74. The summed E-state index contributed by atoms with van der Waals surface area (Å²) in [5.41, 5.74) is 11.1. The normalized spacial score (nSPS) is 12.5. The molecule has 0 aliphatic carbocycles. The van der Waals surface area contributed by atoms with Crippen LogP contribution in [-0.2, 0) is 6.42 Å². The van der Waals surface area contributed by atoms with Crippen LogP contribution in [0.25, 0.3) is 103 Å². The molecular weight excluding hydrogens is 663 g/mol. The monoisotopic (exact) mass is 691 g/mol. The van der Waals surface area contributed by atoms with E-state index in [1.165, 1.54) is 69.1 Å². The molecule has 0 saturated heterocycles. The van der Waals surface area contributed by atoms with Crippen molar-refractivity contribution in [2.24, 2.45) is 0 Å². The highest BCUT2D eigenvalue weighted by Gasteiger charge is 2.26. The lowest BCUT2D eigenvalue weighted by molar-refractivity contribution is 1.09. The Morgan fingerprint density at radius 1 is 0.453 bits per heavy atom. The number of aromatic nitrogens is 3. The van der Waals surface area contributed by atoms with E-state index in [0.717, 1.165) is 45.2 Å². The number of hydrogen-bond donors (Lipinski definition) is 0. The van der Waals surface area contributed by atoms with Gasteiger partial charge in [-0.25, -0.2) is 9.97 Å². The summed E-state index contributed by atoms with van der Waals surface area (Å²) >= 11 is 1.86. The molecule has 1 aliphatic heterocycles. The van der Waals surface area contributed by atoms with Crippen molar-refractivity contribution in [2.45, 2.75) is 6.42 Å². The summed E-state index contributed by atoms with van der Waals surface area (Å²) in [6.45, 7) is 0. The molecule has 0 N–H and O–H groups in total. The molecule has 4 heteroatoms. The average molecular weight is 692 g/mol. The van der Waals surface area contributed by atoms with E-state index < -0.39 is 0 Å². The maximum Gasteiger partial charge on any atom is 0.160 e. The van der Waals surface area contributed by atoms with E-state index in [1.54, 1.807) is 0 Å². The van der Waals surface area contributed by atoms with Gasteiger partial charge in [-0.2, -0.15) is 0 Å². The van der Waals surface area contributed by atoms with Gasteiger partial charge in [0.15, 0.2) is 5.82 Å². The van der Waals surface area contributed by atoms with Gasteiger partial charge < -0.3 is 4.57 Å². The minimum absolute atomic E-state index is 0.704. The van der Waals surface area contributed by atoms with Crippen LogP contribution < -0.4 is 0 Å². The standard InChI is InChI=1S/C49H29N3S/c1-2-11-31(12-3-1)49-50-47(35-20-19-30-10-4-5-13-32(30)24-35)41-22-29-18-21-36-38-25-33-14-6-7-15-34(33)26-43(38)52(42(36)23-29)44-27-39-37-16-8-9-17-45(37)53-46(39)28-40(44)48(41)51-49/h1-21,23-28H,22H2. The molecule has 11 aromatic rings. The van der Waals surface area contributed by atoms with Crippen LogP contribution in [0.4, 0.5) is 0 Å². The maximum absolute atomic E-state index is 5.58. The molecule has 12 rings (SSSR count). The molecule has 3 aromatic heterocycles. The molecule has 0 unspecified atom stereocenters. The number of hydrogen-bond acceptors (Lipinski definition) is 3. The second-order valence-electron chi connectivity index (χ2n) is 14.2. The number of thiophene rings is 1. The van der Waals surface area contributed by atoms with Crippen LogP contribution in [0.1, 0.15) is 11.1 Å². The summed E-state index contributed by atoms with van der Waals surface area (Å²) in [6.07, 6.45) is 0.704. The summed E-state index contributed by atoms with van der Waals surface area (Å²) in [5, 5.41) is 9.97. The van der Waals surface area contributed by atoms with Gasteiger partial charge in [-0.05, 0) is 69.6 Å². The van der Waals surface area contributed by atoms with Crippen molar-refractivity contribution in [3.05, 3.63) is 175 Å². The zero-order valence-corrected chi connectivity index (χ0v) is 29.4. The Hall–Kier alpha value is -6.62. The van der Waals surface area contributed by atoms with Crippen molar-refractivity contribution >= 4 is 74.9 Å². The fourth-order valence-electron chi connectivity index (χ4n) is 8.62. The highest BCUT2D eigenvalue weighted by molar-refractivity contribution is 7.25. The number of rotatable bonds is 2. The van der Waals surface area contributed by atoms with E-state index in [9.17, 15) is 0 Å². The number of benzene rings is 8. The van der Waals surface area contributed by atoms with Gasteiger partial charge in [-0.3, -0.25) is 0 Å². The summed E-state index contributed by atoms with van der Waals surface area (Å²) < 4.78 is 5.06. The number of fused-ring (bicyclic) bond motifs is 13. The van der Waals surface area contributed by atoms with Crippen molar-refractivity contribution in [3.8, 4) is 39.6 Å². The Balaban J connectivity index is 1.27. The largest absolute Gasteiger partial charge is 0.309 e. The Bertz CT molecular complexity index is 3320. The van der Waals surface area contributed by atoms with E-state index in [1.807, 2.05) is 11.3 Å². The molecular formula is C49H29N3S. The molecule has 4 heterocycles. The molecule has 8 aromatic carbocycles. The fourth-order valence-corrected chi connectivity index (χ4v) is 9.75. The van der Waals surface area contributed by atoms with Crippen LogP contribution in [0.5, 0.6) is 0 Å². The van der Waals surface area contributed by atoms with E-state index in [4.69, 9.17) is 9.97 Å². The zero-order valence-electron chi connectivity index (χ0n) is 28.5. The van der Waals surface area contributed by atoms with Gasteiger partial charge in [0.2, 0.25) is 0 Å². The molecule has 0 amide bonds. The molecule has 0 spiro atoms. The van der Waals surface area contributed by atoms with Crippen molar-refractivity contribution in [1.82, 2.24) is 14.5 Å². The van der Waals surface area contributed by atoms with Crippen molar-refractivity contribution in [3.63, 3.8) is 0 Å². The third-order valence-electron chi connectivity index (χ3n) is 11.1. The summed E-state index contributed by atoms with van der Waals surface area (Å²) in [6, 6.07) is 59.9. The molecule has 3 nitrogen and oxygen atoms in total. The highest BCUT2D eigenvalue weighted by atomic mass is 32.1. The SMILES string of the molecule is c1ccc(-c2nc(-c3ccc4ccccc4c3)c3c(n2)-c2cc4sc5ccccc5c4cc2-n2c4cc(ccc4c4cc5ccccc5cc42)C3)cc1. The Kier molecular flexibility index (Phi) is 5.99. The zero-order chi connectivity index (χ0) is 34.6. The quantitative estimate of drug-likeness (QED) is 0.181. The van der Waals surface area contributed by atoms with Crippen molar-refractivity contribution < 1.29 is 0 Å². The third-order valence-corrected chi connectivity index (χ3v) is 12.3. The first-order valence-corrected chi connectivity index (χ1v) is 18.9. The Morgan fingerprint density at radius 2 is 1.17 bits per heavy atom. The van der Waals surface area contributed by atoms with Crippen LogP contribution in [0.3, 0.4) is 0 Å².